The Balaban J connectivity index is 1.47. The van der Waals surface area contributed by atoms with Crippen LogP contribution in [-0.2, 0) is 10.0 Å². The number of likely N-dealkylation sites (N-methyl/N-ethyl adjacent to an activating group) is 1. The molecule has 0 aromatic heterocycles. The van der Waals surface area contributed by atoms with Gasteiger partial charge < -0.3 is 19.8 Å². The summed E-state index contributed by atoms with van der Waals surface area (Å²) < 4.78 is 34.4. The summed E-state index contributed by atoms with van der Waals surface area (Å²) in [5.41, 5.74) is 0.746. The zero-order valence-electron chi connectivity index (χ0n) is 20.1. The lowest BCUT2D eigenvalue weighted by Crippen LogP contribution is -2.50. The van der Waals surface area contributed by atoms with Crippen LogP contribution in [0.2, 0.25) is 0 Å². The van der Waals surface area contributed by atoms with Gasteiger partial charge >= 0.3 is 0 Å². The average molecular weight is 500 g/mol. The molecule has 2 aliphatic rings. The van der Waals surface area contributed by atoms with Gasteiger partial charge in [-0.2, -0.15) is 0 Å². The molecule has 1 heterocycles. The molecule has 0 saturated carbocycles. The van der Waals surface area contributed by atoms with Crippen molar-refractivity contribution in [1.29, 1.82) is 0 Å². The molecule has 1 saturated heterocycles. The highest BCUT2D eigenvalue weighted by atomic mass is 32.2. The predicted octanol–water partition coefficient (Wildman–Crippen LogP) is 2.99. The number of allylic oxidation sites excluding steroid dienone is 2. The predicted molar refractivity (Wildman–Crippen MR) is 136 cm³/mol. The number of nitrogens with one attached hydrogen (secondary N) is 1. The molecule has 8 nitrogen and oxygen atoms in total. The lowest BCUT2D eigenvalue weighted by atomic mass is 10.0. The smallest absolute Gasteiger partial charge is 0.221 e. The Bertz CT molecular complexity index is 1190. The highest BCUT2D eigenvalue weighted by Crippen LogP contribution is 2.32. The fourth-order valence-corrected chi connectivity index (χ4v) is 5.55. The minimum absolute atomic E-state index is 0.150. The number of aromatic hydroxyl groups is 2. The monoisotopic (exact) mass is 499 g/mol. The molecular weight excluding hydrogens is 466 g/mol. The molecule has 0 bridgehead atoms. The van der Waals surface area contributed by atoms with Crippen molar-refractivity contribution in [3.05, 3.63) is 78.1 Å². The van der Waals surface area contributed by atoms with E-state index in [1.165, 1.54) is 12.1 Å². The van der Waals surface area contributed by atoms with Gasteiger partial charge in [-0.05, 0) is 62.4 Å². The summed E-state index contributed by atoms with van der Waals surface area (Å²) in [6.07, 6.45) is 5.44. The van der Waals surface area contributed by atoms with E-state index >= 15 is 0 Å². The summed E-state index contributed by atoms with van der Waals surface area (Å²) >= 11 is 0. The topological polar surface area (TPSA) is 102 Å². The van der Waals surface area contributed by atoms with Gasteiger partial charge in [-0.15, -0.1) is 0 Å². The molecule has 2 aromatic carbocycles. The number of piperazine rings is 1. The van der Waals surface area contributed by atoms with E-state index in [-0.39, 0.29) is 30.5 Å². The highest BCUT2D eigenvalue weighted by molar-refractivity contribution is 7.91. The quantitative estimate of drug-likeness (QED) is 0.480. The van der Waals surface area contributed by atoms with E-state index in [9.17, 15) is 18.6 Å². The van der Waals surface area contributed by atoms with Crippen molar-refractivity contribution in [2.45, 2.75) is 24.1 Å². The first-order chi connectivity index (χ1) is 16.7. The third kappa shape index (κ3) is 5.87. The van der Waals surface area contributed by atoms with Gasteiger partial charge in [0.15, 0.2) is 11.5 Å². The molecule has 0 amide bonds. The summed E-state index contributed by atoms with van der Waals surface area (Å²) in [6.45, 7) is 5.11. The first kappa shape index (κ1) is 25.2. The van der Waals surface area contributed by atoms with Crippen molar-refractivity contribution in [3.63, 3.8) is 0 Å². The molecule has 0 radical (unpaired) electrons. The largest absolute Gasteiger partial charge is 0.504 e. The van der Waals surface area contributed by atoms with Gasteiger partial charge in [0, 0.05) is 38.8 Å². The number of ether oxygens (including phenoxy) is 1. The van der Waals surface area contributed by atoms with Gasteiger partial charge in [-0.25, -0.2) is 13.1 Å². The van der Waals surface area contributed by atoms with E-state index in [0.29, 0.717) is 11.5 Å². The third-order valence-electron chi connectivity index (χ3n) is 6.73. The van der Waals surface area contributed by atoms with E-state index in [2.05, 4.69) is 21.6 Å². The Kier molecular flexibility index (Phi) is 7.51. The highest BCUT2D eigenvalue weighted by Gasteiger charge is 2.38. The second kappa shape index (κ2) is 10.4. The summed E-state index contributed by atoms with van der Waals surface area (Å²) in [7, 11) is -1.68. The van der Waals surface area contributed by atoms with Crippen LogP contribution >= 0.6 is 0 Å². The van der Waals surface area contributed by atoms with Crippen LogP contribution in [0, 0.1) is 0 Å². The number of phenols is 2. The Labute approximate surface area is 207 Å². The van der Waals surface area contributed by atoms with E-state index in [1.807, 2.05) is 30.3 Å². The maximum atomic E-state index is 13.4. The standard InChI is InChI=1S/C26H33N3O5S/c1-26(12-10-22(11-13-26)34-21-6-4-3-5-7-21)35(32,33)27-19-23(29-16-14-28(2)15-17-29)20-8-9-24(30)25(31)18-20/h3-12,18,23,27,30-31H,13-17,19H2,1-2H3. The first-order valence-corrected chi connectivity index (χ1v) is 13.2. The van der Waals surface area contributed by atoms with Crippen LogP contribution < -0.4 is 9.46 Å². The fourth-order valence-electron chi connectivity index (χ4n) is 4.29. The number of hydrogen-bond acceptors (Lipinski definition) is 7. The van der Waals surface area contributed by atoms with Crippen LogP contribution in [0.25, 0.3) is 0 Å². The van der Waals surface area contributed by atoms with Crippen molar-refractivity contribution in [2.75, 3.05) is 39.8 Å². The molecule has 0 spiro atoms. The lowest BCUT2D eigenvalue weighted by molar-refractivity contribution is 0.112. The van der Waals surface area contributed by atoms with Crippen LogP contribution in [0.15, 0.2) is 72.5 Å². The number of nitrogens with zero attached hydrogens (tertiary/aromatic N) is 2. The molecule has 188 valence electrons. The molecule has 4 rings (SSSR count). The number of sulfonamides is 1. The third-order valence-corrected chi connectivity index (χ3v) is 8.81. The molecule has 2 atom stereocenters. The van der Waals surface area contributed by atoms with Crippen molar-refractivity contribution >= 4 is 10.0 Å². The van der Waals surface area contributed by atoms with Gasteiger partial charge in [-0.1, -0.05) is 30.3 Å². The molecule has 1 fully saturated rings. The first-order valence-electron chi connectivity index (χ1n) is 11.7. The second-order valence-corrected chi connectivity index (χ2v) is 11.6. The van der Waals surface area contributed by atoms with E-state index in [0.717, 1.165) is 31.7 Å². The lowest BCUT2D eigenvalue weighted by Gasteiger charge is -2.39. The number of phenolic OH excluding ortho intramolecular Hbond substituents is 2. The molecule has 1 aliphatic heterocycles. The van der Waals surface area contributed by atoms with E-state index in [4.69, 9.17) is 4.74 Å². The Morgan fingerprint density at radius 2 is 1.77 bits per heavy atom. The van der Waals surface area contributed by atoms with Crippen molar-refractivity contribution in [2.24, 2.45) is 0 Å². The minimum atomic E-state index is -3.74. The SMILES string of the molecule is CN1CCN(C(CNS(=O)(=O)C2(C)C=CC(Oc3ccccc3)=CC2)c2ccc(O)c(O)c2)CC1. The van der Waals surface area contributed by atoms with Crippen LogP contribution in [0.5, 0.6) is 17.2 Å². The Hall–Kier alpha value is -2.85. The summed E-state index contributed by atoms with van der Waals surface area (Å²) in [4.78, 5) is 4.43. The number of para-hydroxylation sites is 1. The van der Waals surface area contributed by atoms with Gasteiger partial charge in [-0.3, -0.25) is 4.90 Å². The summed E-state index contributed by atoms with van der Waals surface area (Å²) in [6, 6.07) is 13.7. The van der Waals surface area contributed by atoms with Crippen molar-refractivity contribution in [1.82, 2.24) is 14.5 Å². The number of rotatable bonds is 8. The van der Waals surface area contributed by atoms with Crippen LogP contribution in [0.1, 0.15) is 24.9 Å². The number of benzene rings is 2. The maximum Gasteiger partial charge on any atom is 0.221 e. The zero-order valence-corrected chi connectivity index (χ0v) is 20.9. The molecular formula is C26H33N3O5S. The van der Waals surface area contributed by atoms with E-state index in [1.54, 1.807) is 31.2 Å². The van der Waals surface area contributed by atoms with Gasteiger partial charge in [0.05, 0.1) is 0 Å². The van der Waals surface area contributed by atoms with Crippen LogP contribution in [0.3, 0.4) is 0 Å². The molecule has 2 unspecified atom stereocenters. The Morgan fingerprint density at radius 1 is 1.06 bits per heavy atom. The molecule has 1 aliphatic carbocycles. The second-order valence-electron chi connectivity index (χ2n) is 9.33. The normalized spacial score (nSPS) is 22.5. The van der Waals surface area contributed by atoms with E-state index < -0.39 is 14.8 Å². The minimum Gasteiger partial charge on any atom is -0.504 e. The molecule has 2 aromatic rings. The molecule has 35 heavy (non-hydrogen) atoms. The van der Waals surface area contributed by atoms with Crippen LogP contribution in [-0.4, -0.2) is 72.9 Å². The number of hydrogen-bond donors (Lipinski definition) is 3. The van der Waals surface area contributed by atoms with Crippen molar-refractivity contribution in [3.8, 4) is 17.2 Å². The molecule has 3 N–H and O–H groups in total. The molecule has 9 heteroatoms. The van der Waals surface area contributed by atoms with Gasteiger partial charge in [0.2, 0.25) is 10.0 Å². The van der Waals surface area contributed by atoms with Gasteiger partial charge in [0.1, 0.15) is 16.3 Å². The van der Waals surface area contributed by atoms with Crippen LogP contribution in [0.4, 0.5) is 0 Å². The fraction of sp³-hybridized carbons (Fsp3) is 0.385. The zero-order chi connectivity index (χ0) is 25.1. The Morgan fingerprint density at radius 3 is 2.40 bits per heavy atom. The average Bonchev–Trinajstić information content (AvgIpc) is 2.84. The summed E-state index contributed by atoms with van der Waals surface area (Å²) in [5, 5.41) is 19.8. The maximum absolute atomic E-state index is 13.4. The van der Waals surface area contributed by atoms with Crippen molar-refractivity contribution < 1.29 is 23.4 Å². The summed E-state index contributed by atoms with van der Waals surface area (Å²) in [5.74, 6) is 0.883. The van der Waals surface area contributed by atoms with Gasteiger partial charge in [0.25, 0.3) is 0 Å².